The molecule has 0 spiro atoms. The Morgan fingerprint density at radius 1 is 1.39 bits per heavy atom. The molecule has 0 aromatic heterocycles. The first-order valence-electron chi connectivity index (χ1n) is 8.35. The van der Waals surface area contributed by atoms with E-state index in [0.717, 1.165) is 5.56 Å². The van der Waals surface area contributed by atoms with Crippen LogP contribution in [0.2, 0.25) is 5.02 Å². The number of nitro groups is 1. The molecule has 0 saturated carbocycles. The number of amides is 1. The molecule has 0 aliphatic carbocycles. The van der Waals surface area contributed by atoms with Crippen molar-refractivity contribution in [3.8, 4) is 11.8 Å². The van der Waals surface area contributed by atoms with Gasteiger partial charge in [-0.15, -0.1) is 0 Å². The molecule has 0 heterocycles. The number of nitrogens with one attached hydrogen (secondary N) is 1. The van der Waals surface area contributed by atoms with Gasteiger partial charge >= 0.3 is 0 Å². The van der Waals surface area contributed by atoms with Crippen LogP contribution in [0.25, 0.3) is 6.08 Å². The minimum Gasteiger partial charge on any atom is -0.495 e. The van der Waals surface area contributed by atoms with E-state index in [1.807, 2.05) is 13.0 Å². The standard InChI is InChI=1S/C20H18ClN3O4/c1-4-14-6-5-13(9-18(14)24(26)27)8-15(11-22)20(25)23-17-7-12(2)16(21)10-19(17)28-3/h5-10H,4H2,1-3H3,(H,23,25)/b15-8+. The number of hydrogen-bond acceptors (Lipinski definition) is 5. The lowest BCUT2D eigenvalue weighted by atomic mass is 10.0. The summed E-state index contributed by atoms with van der Waals surface area (Å²) in [5.74, 6) is -0.311. The number of carbonyl (C=O) groups excluding carboxylic acids is 1. The lowest BCUT2D eigenvalue weighted by molar-refractivity contribution is -0.385. The van der Waals surface area contributed by atoms with Crippen molar-refractivity contribution in [1.29, 1.82) is 5.26 Å². The first kappa shape index (κ1) is 20.9. The Hall–Kier alpha value is -3.37. The van der Waals surface area contributed by atoms with Gasteiger partial charge < -0.3 is 10.1 Å². The van der Waals surface area contributed by atoms with Crippen LogP contribution in [-0.2, 0) is 11.2 Å². The fraction of sp³-hybridized carbons (Fsp3) is 0.200. The summed E-state index contributed by atoms with van der Waals surface area (Å²) in [7, 11) is 1.44. The molecule has 2 aromatic carbocycles. The van der Waals surface area contributed by atoms with E-state index in [9.17, 15) is 20.2 Å². The number of methoxy groups -OCH3 is 1. The number of anilines is 1. The van der Waals surface area contributed by atoms with Crippen molar-refractivity contribution in [3.05, 3.63) is 67.7 Å². The lowest BCUT2D eigenvalue weighted by Crippen LogP contribution is -2.14. The molecule has 0 unspecified atom stereocenters. The summed E-state index contributed by atoms with van der Waals surface area (Å²) in [6, 6.07) is 9.61. The molecule has 1 N–H and O–H groups in total. The van der Waals surface area contributed by atoms with Crippen molar-refractivity contribution in [3.63, 3.8) is 0 Å². The molecule has 0 fully saturated rings. The Morgan fingerprint density at radius 2 is 2.11 bits per heavy atom. The largest absolute Gasteiger partial charge is 0.495 e. The van der Waals surface area contributed by atoms with Gasteiger partial charge in [0.2, 0.25) is 0 Å². The van der Waals surface area contributed by atoms with E-state index in [1.54, 1.807) is 31.2 Å². The van der Waals surface area contributed by atoms with Crippen molar-refractivity contribution < 1.29 is 14.5 Å². The molecular weight excluding hydrogens is 382 g/mol. The zero-order valence-electron chi connectivity index (χ0n) is 15.6. The number of nitriles is 1. The third kappa shape index (κ3) is 4.67. The molecule has 0 aliphatic rings. The number of hydrogen-bond donors (Lipinski definition) is 1. The molecule has 0 saturated heterocycles. The minimum absolute atomic E-state index is 0.0519. The lowest BCUT2D eigenvalue weighted by Gasteiger charge is -2.12. The van der Waals surface area contributed by atoms with Gasteiger partial charge in [-0.3, -0.25) is 14.9 Å². The number of nitro benzene ring substituents is 1. The molecule has 8 heteroatoms. The summed E-state index contributed by atoms with van der Waals surface area (Å²) in [5, 5.41) is 23.7. The fourth-order valence-corrected chi connectivity index (χ4v) is 2.73. The van der Waals surface area contributed by atoms with Crippen LogP contribution in [0.3, 0.4) is 0 Å². The van der Waals surface area contributed by atoms with E-state index in [0.29, 0.717) is 34.0 Å². The first-order valence-corrected chi connectivity index (χ1v) is 8.73. The highest BCUT2D eigenvalue weighted by molar-refractivity contribution is 6.31. The molecule has 0 atom stereocenters. The molecule has 0 radical (unpaired) electrons. The third-order valence-corrected chi connectivity index (χ3v) is 4.50. The van der Waals surface area contributed by atoms with Gasteiger partial charge in [0.05, 0.1) is 17.7 Å². The second-order valence-electron chi connectivity index (χ2n) is 5.92. The van der Waals surface area contributed by atoms with E-state index in [1.165, 1.54) is 19.3 Å². The molecular formula is C20H18ClN3O4. The Labute approximate surface area is 167 Å². The Morgan fingerprint density at radius 3 is 2.68 bits per heavy atom. The van der Waals surface area contributed by atoms with Crippen molar-refractivity contribution >= 4 is 35.0 Å². The highest BCUT2D eigenvalue weighted by Gasteiger charge is 2.16. The van der Waals surface area contributed by atoms with Gasteiger partial charge in [-0.05, 0) is 36.6 Å². The maximum absolute atomic E-state index is 12.5. The second kappa shape index (κ2) is 9.02. The van der Waals surface area contributed by atoms with E-state index in [4.69, 9.17) is 16.3 Å². The first-order chi connectivity index (χ1) is 13.3. The fourth-order valence-electron chi connectivity index (χ4n) is 2.57. The number of rotatable bonds is 6. The van der Waals surface area contributed by atoms with Crippen LogP contribution in [-0.4, -0.2) is 17.9 Å². The van der Waals surface area contributed by atoms with Crippen LogP contribution in [0.1, 0.15) is 23.6 Å². The molecule has 1 amide bonds. The topological polar surface area (TPSA) is 105 Å². The van der Waals surface area contributed by atoms with Crippen LogP contribution in [0.5, 0.6) is 5.75 Å². The number of carbonyl (C=O) groups is 1. The summed E-state index contributed by atoms with van der Waals surface area (Å²) in [4.78, 5) is 23.3. The van der Waals surface area contributed by atoms with Crippen molar-refractivity contribution in [2.75, 3.05) is 12.4 Å². The molecule has 0 bridgehead atoms. The van der Waals surface area contributed by atoms with E-state index in [-0.39, 0.29) is 11.3 Å². The van der Waals surface area contributed by atoms with Gasteiger partial charge in [0, 0.05) is 22.7 Å². The Balaban J connectivity index is 2.37. The summed E-state index contributed by atoms with van der Waals surface area (Å²) in [6.45, 7) is 3.58. The predicted molar refractivity (Wildman–Crippen MR) is 107 cm³/mol. The van der Waals surface area contributed by atoms with Crippen LogP contribution in [0.15, 0.2) is 35.9 Å². The van der Waals surface area contributed by atoms with Crippen LogP contribution >= 0.6 is 11.6 Å². The van der Waals surface area contributed by atoms with E-state index < -0.39 is 10.8 Å². The number of benzene rings is 2. The van der Waals surface area contributed by atoms with Crippen molar-refractivity contribution in [1.82, 2.24) is 0 Å². The van der Waals surface area contributed by atoms with Gasteiger partial charge in [0.1, 0.15) is 17.4 Å². The minimum atomic E-state index is -0.662. The highest BCUT2D eigenvalue weighted by atomic mass is 35.5. The molecule has 2 rings (SSSR count). The number of nitrogens with zero attached hydrogens (tertiary/aromatic N) is 2. The molecule has 2 aromatic rings. The van der Waals surface area contributed by atoms with Gasteiger partial charge in [0.15, 0.2) is 0 Å². The van der Waals surface area contributed by atoms with Gasteiger partial charge in [-0.25, -0.2) is 0 Å². The number of halogens is 1. The average molecular weight is 400 g/mol. The second-order valence-corrected chi connectivity index (χ2v) is 6.33. The maximum atomic E-state index is 12.5. The highest BCUT2D eigenvalue weighted by Crippen LogP contribution is 2.31. The number of ether oxygens (including phenoxy) is 1. The third-order valence-electron chi connectivity index (χ3n) is 4.09. The summed E-state index contributed by atoms with van der Waals surface area (Å²) < 4.78 is 5.20. The molecule has 7 nitrogen and oxygen atoms in total. The van der Waals surface area contributed by atoms with E-state index in [2.05, 4.69) is 5.32 Å². The summed E-state index contributed by atoms with van der Waals surface area (Å²) in [5.41, 5.74) is 1.80. The normalized spacial score (nSPS) is 10.9. The zero-order chi connectivity index (χ0) is 20.8. The summed E-state index contributed by atoms with van der Waals surface area (Å²) in [6.07, 6.45) is 1.80. The Kier molecular flexibility index (Phi) is 6.74. The average Bonchev–Trinajstić information content (AvgIpc) is 2.68. The van der Waals surface area contributed by atoms with E-state index >= 15 is 0 Å². The smallest absolute Gasteiger partial charge is 0.273 e. The molecule has 144 valence electrons. The quantitative estimate of drug-likeness (QED) is 0.328. The summed E-state index contributed by atoms with van der Waals surface area (Å²) >= 11 is 6.05. The van der Waals surface area contributed by atoms with Crippen LogP contribution in [0, 0.1) is 28.4 Å². The van der Waals surface area contributed by atoms with Crippen LogP contribution < -0.4 is 10.1 Å². The van der Waals surface area contributed by atoms with Gasteiger partial charge in [-0.2, -0.15) is 5.26 Å². The predicted octanol–water partition coefficient (Wildman–Crippen LogP) is 4.67. The zero-order valence-corrected chi connectivity index (χ0v) is 16.3. The monoisotopic (exact) mass is 399 g/mol. The van der Waals surface area contributed by atoms with Gasteiger partial charge in [0.25, 0.3) is 11.6 Å². The number of aryl methyl sites for hydroxylation is 2. The maximum Gasteiger partial charge on any atom is 0.273 e. The Bertz CT molecular complexity index is 1010. The molecule has 28 heavy (non-hydrogen) atoms. The van der Waals surface area contributed by atoms with Crippen LogP contribution in [0.4, 0.5) is 11.4 Å². The SMILES string of the molecule is CCc1ccc(/C=C(\C#N)C(=O)Nc2cc(C)c(Cl)cc2OC)cc1[N+](=O)[O-]. The molecule has 0 aliphatic heterocycles. The van der Waals surface area contributed by atoms with Crippen molar-refractivity contribution in [2.24, 2.45) is 0 Å². The van der Waals surface area contributed by atoms with Gasteiger partial charge in [-0.1, -0.05) is 30.7 Å². The van der Waals surface area contributed by atoms with Crippen molar-refractivity contribution in [2.45, 2.75) is 20.3 Å².